The van der Waals surface area contributed by atoms with Gasteiger partial charge in [-0.2, -0.15) is 0 Å². The van der Waals surface area contributed by atoms with E-state index in [1.807, 2.05) is 43.5 Å². The highest BCUT2D eigenvalue weighted by atomic mass is 32.2. The van der Waals surface area contributed by atoms with Crippen LogP contribution in [0.3, 0.4) is 0 Å². The van der Waals surface area contributed by atoms with Crippen LogP contribution in [0.25, 0.3) is 0 Å². The second-order valence-corrected chi connectivity index (χ2v) is 8.76. The van der Waals surface area contributed by atoms with E-state index in [1.165, 1.54) is 44.2 Å². The maximum atomic E-state index is 12.6. The average Bonchev–Trinajstić information content (AvgIpc) is 3.28. The molecule has 0 atom stereocenters. The minimum absolute atomic E-state index is 0.0337. The molecule has 0 radical (unpaired) electrons. The van der Waals surface area contributed by atoms with E-state index in [2.05, 4.69) is 15.5 Å². The molecule has 0 aliphatic carbocycles. The van der Waals surface area contributed by atoms with Crippen molar-refractivity contribution in [3.63, 3.8) is 0 Å². The van der Waals surface area contributed by atoms with Gasteiger partial charge in [0.2, 0.25) is 5.91 Å². The highest BCUT2D eigenvalue weighted by Gasteiger charge is 2.17. The van der Waals surface area contributed by atoms with Crippen LogP contribution >= 0.6 is 11.8 Å². The lowest BCUT2D eigenvalue weighted by Gasteiger charge is -2.11. The molecule has 0 bridgehead atoms. The van der Waals surface area contributed by atoms with Gasteiger partial charge in [0.25, 0.3) is 0 Å². The monoisotopic (exact) mass is 512 g/mol. The number of hydrogen-bond donors (Lipinski definition) is 1. The zero-order valence-corrected chi connectivity index (χ0v) is 21.6. The first kappa shape index (κ1) is 26.7. The maximum absolute atomic E-state index is 12.6. The van der Waals surface area contributed by atoms with Gasteiger partial charge in [-0.25, -0.2) is 9.59 Å². The highest BCUT2D eigenvalue weighted by Crippen LogP contribution is 2.23. The van der Waals surface area contributed by atoms with Gasteiger partial charge in [0.05, 0.1) is 31.1 Å². The lowest BCUT2D eigenvalue weighted by molar-refractivity contribution is -0.113. The zero-order valence-electron chi connectivity index (χ0n) is 20.8. The van der Waals surface area contributed by atoms with E-state index in [9.17, 15) is 14.4 Å². The van der Waals surface area contributed by atoms with Crippen LogP contribution in [0.15, 0.2) is 41.6 Å². The fourth-order valence-corrected chi connectivity index (χ4v) is 4.17. The van der Waals surface area contributed by atoms with Crippen molar-refractivity contribution in [2.75, 3.05) is 25.3 Å². The number of nitrogens with zero attached hydrogens (tertiary/aromatic N) is 3. The van der Waals surface area contributed by atoms with Crippen molar-refractivity contribution in [3.8, 4) is 5.75 Å². The number of thioether (sulfide) groups is 1. The van der Waals surface area contributed by atoms with Crippen molar-refractivity contribution in [1.29, 1.82) is 0 Å². The Morgan fingerprint density at radius 2 is 1.64 bits per heavy atom. The van der Waals surface area contributed by atoms with Crippen molar-refractivity contribution in [2.24, 2.45) is 0 Å². The number of carbonyl (C=O) groups is 3. The van der Waals surface area contributed by atoms with Crippen molar-refractivity contribution in [2.45, 2.75) is 39.1 Å². The van der Waals surface area contributed by atoms with E-state index in [0.717, 1.165) is 16.9 Å². The molecule has 0 spiro atoms. The number of amides is 1. The van der Waals surface area contributed by atoms with Crippen molar-refractivity contribution in [1.82, 2.24) is 14.8 Å². The summed E-state index contributed by atoms with van der Waals surface area (Å²) in [5.41, 5.74) is 2.63. The smallest absolute Gasteiger partial charge is 0.337 e. The Morgan fingerprint density at radius 1 is 0.972 bits per heavy atom. The van der Waals surface area contributed by atoms with Gasteiger partial charge >= 0.3 is 11.9 Å². The molecule has 1 amide bonds. The molecule has 11 heteroatoms. The number of hydrogen-bond acceptors (Lipinski definition) is 9. The Bertz CT molecular complexity index is 1240. The van der Waals surface area contributed by atoms with Crippen LogP contribution in [0.5, 0.6) is 5.75 Å². The molecule has 190 valence electrons. The van der Waals surface area contributed by atoms with E-state index in [4.69, 9.17) is 14.2 Å². The predicted molar refractivity (Wildman–Crippen MR) is 134 cm³/mol. The van der Waals surface area contributed by atoms with Gasteiger partial charge < -0.3 is 24.1 Å². The number of benzene rings is 2. The average molecular weight is 513 g/mol. The number of methoxy groups -OCH3 is 2. The van der Waals surface area contributed by atoms with Gasteiger partial charge in [-0.3, -0.25) is 4.79 Å². The Kier molecular flexibility index (Phi) is 9.07. The number of aryl methyl sites for hydroxylation is 2. The van der Waals surface area contributed by atoms with Gasteiger partial charge in [-0.15, -0.1) is 10.2 Å². The number of carbonyl (C=O) groups excluding carboxylic acids is 3. The molecule has 3 aromatic rings. The number of nitrogens with one attached hydrogen (secondary N) is 1. The molecule has 1 heterocycles. The van der Waals surface area contributed by atoms with E-state index in [0.29, 0.717) is 17.5 Å². The molecule has 0 aliphatic heterocycles. The molecular formula is C25H28N4O6S. The summed E-state index contributed by atoms with van der Waals surface area (Å²) in [4.78, 5) is 36.5. The number of ether oxygens (including phenoxy) is 3. The van der Waals surface area contributed by atoms with Gasteiger partial charge in [0.1, 0.15) is 12.4 Å². The second-order valence-electron chi connectivity index (χ2n) is 7.82. The van der Waals surface area contributed by atoms with E-state index in [-0.39, 0.29) is 35.1 Å². The summed E-state index contributed by atoms with van der Waals surface area (Å²) < 4.78 is 17.3. The Balaban J connectivity index is 1.67. The summed E-state index contributed by atoms with van der Waals surface area (Å²) in [5.74, 6) is -0.165. The third-order valence-electron chi connectivity index (χ3n) is 5.20. The molecule has 1 N–H and O–H groups in total. The molecule has 1 aromatic heterocycles. The lowest BCUT2D eigenvalue weighted by Crippen LogP contribution is -2.16. The minimum atomic E-state index is -0.641. The summed E-state index contributed by atoms with van der Waals surface area (Å²) in [6.45, 7) is 6.79. The largest absolute Gasteiger partial charge is 0.485 e. The van der Waals surface area contributed by atoms with Crippen molar-refractivity contribution in [3.05, 3.63) is 64.5 Å². The van der Waals surface area contributed by atoms with Crippen LogP contribution in [0.4, 0.5) is 5.69 Å². The summed E-state index contributed by atoms with van der Waals surface area (Å²) >= 11 is 1.22. The minimum Gasteiger partial charge on any atom is -0.485 e. The Hall–Kier alpha value is -3.86. The third-order valence-corrected chi connectivity index (χ3v) is 6.17. The van der Waals surface area contributed by atoms with Crippen LogP contribution in [-0.2, 0) is 27.4 Å². The first-order valence-corrected chi connectivity index (χ1v) is 12.1. The molecule has 0 aliphatic rings. The molecule has 0 saturated carbocycles. The normalized spacial score (nSPS) is 10.6. The molecular weight excluding hydrogens is 484 g/mol. The van der Waals surface area contributed by atoms with Gasteiger partial charge in [0, 0.05) is 12.2 Å². The number of anilines is 1. The molecule has 0 saturated heterocycles. The molecule has 0 unspecified atom stereocenters. The lowest BCUT2D eigenvalue weighted by atomic mass is 10.1. The quantitative estimate of drug-likeness (QED) is 0.319. The Morgan fingerprint density at radius 3 is 2.25 bits per heavy atom. The summed E-state index contributed by atoms with van der Waals surface area (Å²) in [6, 6.07) is 10.2. The van der Waals surface area contributed by atoms with Crippen LogP contribution in [0, 0.1) is 13.8 Å². The van der Waals surface area contributed by atoms with Crippen LogP contribution in [-0.4, -0.2) is 52.6 Å². The predicted octanol–water partition coefficient (Wildman–Crippen LogP) is 3.80. The summed E-state index contributed by atoms with van der Waals surface area (Å²) in [7, 11) is 2.46. The van der Waals surface area contributed by atoms with E-state index < -0.39 is 11.9 Å². The highest BCUT2D eigenvalue weighted by molar-refractivity contribution is 7.99. The van der Waals surface area contributed by atoms with Gasteiger partial charge in [-0.1, -0.05) is 23.9 Å². The number of rotatable bonds is 10. The van der Waals surface area contributed by atoms with Crippen LogP contribution < -0.4 is 10.1 Å². The van der Waals surface area contributed by atoms with E-state index in [1.54, 1.807) is 0 Å². The number of aromatic nitrogens is 3. The van der Waals surface area contributed by atoms with Crippen LogP contribution in [0.1, 0.15) is 44.6 Å². The second kappa shape index (κ2) is 12.2. The standard InChI is InChI=1S/C25H28N4O6S/c1-6-29-21(13-35-20-9-15(2)7-8-16(20)3)27-28-25(29)36-14-22(30)26-19-11-17(23(31)33-4)10-18(12-19)24(32)34-5/h7-12H,6,13-14H2,1-5H3,(H,26,30). The molecule has 2 aromatic carbocycles. The van der Waals surface area contributed by atoms with Crippen LogP contribution in [0.2, 0.25) is 0 Å². The zero-order chi connectivity index (χ0) is 26.2. The molecule has 36 heavy (non-hydrogen) atoms. The summed E-state index contributed by atoms with van der Waals surface area (Å²) in [5, 5.41) is 11.7. The molecule has 3 rings (SSSR count). The fourth-order valence-electron chi connectivity index (χ4n) is 3.35. The summed E-state index contributed by atoms with van der Waals surface area (Å²) in [6.07, 6.45) is 0. The first-order chi connectivity index (χ1) is 17.2. The third kappa shape index (κ3) is 6.63. The number of esters is 2. The molecule has 0 fully saturated rings. The molecule has 10 nitrogen and oxygen atoms in total. The van der Waals surface area contributed by atoms with E-state index >= 15 is 0 Å². The SMILES string of the molecule is CCn1c(COc2cc(C)ccc2C)nnc1SCC(=O)Nc1cc(C(=O)OC)cc(C(=O)OC)c1. The first-order valence-electron chi connectivity index (χ1n) is 11.1. The maximum Gasteiger partial charge on any atom is 0.337 e. The fraction of sp³-hybridized carbons (Fsp3) is 0.320. The topological polar surface area (TPSA) is 122 Å². The van der Waals surface area contributed by atoms with Crippen molar-refractivity contribution < 1.29 is 28.6 Å². The Labute approximate surface area is 213 Å². The van der Waals surface area contributed by atoms with Gasteiger partial charge in [-0.05, 0) is 56.2 Å². The van der Waals surface area contributed by atoms with Gasteiger partial charge in [0.15, 0.2) is 11.0 Å². The van der Waals surface area contributed by atoms with Crippen molar-refractivity contribution >= 4 is 35.3 Å².